The lowest BCUT2D eigenvalue weighted by Gasteiger charge is -2.03. The van der Waals surface area contributed by atoms with Gasteiger partial charge in [0.2, 0.25) is 5.78 Å². The molecule has 0 aliphatic heterocycles. The van der Waals surface area contributed by atoms with Crippen LogP contribution in [0.4, 0.5) is 0 Å². The second kappa shape index (κ2) is 7.53. The Hall–Kier alpha value is -2.60. The van der Waals surface area contributed by atoms with Crippen LogP contribution < -0.4 is 4.74 Å². The van der Waals surface area contributed by atoms with Crippen LogP contribution in [0.25, 0.3) is 6.08 Å². The first-order valence-electron chi connectivity index (χ1n) is 7.71. The summed E-state index contributed by atoms with van der Waals surface area (Å²) in [6, 6.07) is 13.0. The van der Waals surface area contributed by atoms with Crippen molar-refractivity contribution in [2.24, 2.45) is 7.05 Å². The molecule has 0 N–H and O–H groups in total. The molecule has 3 aromatic rings. The van der Waals surface area contributed by atoms with Gasteiger partial charge in [0.25, 0.3) is 0 Å². The molecule has 0 spiro atoms. The normalized spacial score (nSPS) is 11.2. The minimum Gasteiger partial charge on any atom is -0.486 e. The third-order valence-corrected chi connectivity index (χ3v) is 4.06. The predicted molar refractivity (Wildman–Crippen MR) is 98.5 cm³/mol. The van der Waals surface area contributed by atoms with E-state index in [0.29, 0.717) is 23.8 Å². The lowest BCUT2D eigenvalue weighted by Crippen LogP contribution is -2.03. The lowest BCUT2D eigenvalue weighted by atomic mass is 10.2. The molecule has 0 fully saturated rings. The van der Waals surface area contributed by atoms with Crippen LogP contribution in [0.5, 0.6) is 5.75 Å². The third kappa shape index (κ3) is 4.48. The number of carbonyl (C=O) groups excluding carboxylic acids is 1. The maximum atomic E-state index is 12.2. The number of hydrogen-bond acceptors (Lipinski definition) is 4. The molecule has 0 bridgehead atoms. The van der Waals surface area contributed by atoms with Crippen molar-refractivity contribution < 1.29 is 13.9 Å². The molecule has 0 atom stereocenters. The summed E-state index contributed by atoms with van der Waals surface area (Å²) in [5, 5.41) is 4.17. The Bertz CT molecular complexity index is 907. The Morgan fingerprint density at radius 3 is 2.72 bits per heavy atom. The summed E-state index contributed by atoms with van der Waals surface area (Å²) < 4.78 is 13.9. The highest BCUT2D eigenvalue weighted by Gasteiger charge is 2.09. The van der Waals surface area contributed by atoms with Crippen molar-refractivity contribution in [2.75, 3.05) is 0 Å². The number of halogens is 1. The Morgan fingerprint density at radius 1 is 1.28 bits per heavy atom. The standard InChI is InChI=1S/C19H17BrN2O3/c1-13-11-18(22(2)21-13)19(23)10-9-16-7-8-17(25-16)12-24-15-5-3-14(20)4-6-15/h3-11H,12H2,1-2H3/b10-9+. The van der Waals surface area contributed by atoms with Gasteiger partial charge >= 0.3 is 0 Å². The van der Waals surface area contributed by atoms with Crippen molar-refractivity contribution in [3.63, 3.8) is 0 Å². The van der Waals surface area contributed by atoms with Gasteiger partial charge in [-0.2, -0.15) is 5.10 Å². The fourth-order valence-corrected chi connectivity index (χ4v) is 2.60. The van der Waals surface area contributed by atoms with E-state index in [1.165, 1.54) is 6.08 Å². The molecule has 25 heavy (non-hydrogen) atoms. The number of rotatable bonds is 6. The number of benzene rings is 1. The molecule has 0 aliphatic rings. The molecule has 0 unspecified atom stereocenters. The van der Waals surface area contributed by atoms with Crippen molar-refractivity contribution >= 4 is 27.8 Å². The van der Waals surface area contributed by atoms with Crippen molar-refractivity contribution in [2.45, 2.75) is 13.5 Å². The van der Waals surface area contributed by atoms with Crippen LogP contribution >= 0.6 is 15.9 Å². The second-order valence-electron chi connectivity index (χ2n) is 5.54. The molecule has 0 saturated carbocycles. The van der Waals surface area contributed by atoms with Crippen LogP contribution in [-0.4, -0.2) is 15.6 Å². The quantitative estimate of drug-likeness (QED) is 0.449. The van der Waals surface area contributed by atoms with Gasteiger partial charge in [-0.25, -0.2) is 0 Å². The van der Waals surface area contributed by atoms with Gasteiger partial charge in [0.05, 0.1) is 5.69 Å². The number of hydrogen-bond donors (Lipinski definition) is 0. The zero-order valence-electron chi connectivity index (χ0n) is 13.9. The molecule has 3 rings (SSSR count). The molecule has 5 nitrogen and oxygen atoms in total. The van der Waals surface area contributed by atoms with Gasteiger partial charge in [-0.05, 0) is 61.5 Å². The molecule has 2 heterocycles. The van der Waals surface area contributed by atoms with Gasteiger partial charge in [-0.15, -0.1) is 0 Å². The largest absolute Gasteiger partial charge is 0.486 e. The molecule has 1 aromatic carbocycles. The molecule has 0 amide bonds. The van der Waals surface area contributed by atoms with Gasteiger partial charge < -0.3 is 9.15 Å². The average Bonchev–Trinajstić information content (AvgIpc) is 3.18. The summed E-state index contributed by atoms with van der Waals surface area (Å²) in [7, 11) is 1.75. The molecule has 128 valence electrons. The molecular formula is C19H17BrN2O3. The molecule has 0 saturated heterocycles. The zero-order valence-corrected chi connectivity index (χ0v) is 15.5. The molecular weight excluding hydrogens is 384 g/mol. The summed E-state index contributed by atoms with van der Waals surface area (Å²) in [6.07, 6.45) is 3.13. The van der Waals surface area contributed by atoms with Crippen molar-refractivity contribution in [1.82, 2.24) is 9.78 Å². The number of allylic oxidation sites excluding steroid dienone is 1. The highest BCUT2D eigenvalue weighted by atomic mass is 79.9. The Kier molecular flexibility index (Phi) is 5.19. The van der Waals surface area contributed by atoms with E-state index in [1.807, 2.05) is 37.3 Å². The monoisotopic (exact) mass is 400 g/mol. The molecule has 0 radical (unpaired) electrons. The van der Waals surface area contributed by atoms with E-state index in [1.54, 1.807) is 29.9 Å². The fraction of sp³-hybridized carbons (Fsp3) is 0.158. The van der Waals surface area contributed by atoms with E-state index in [4.69, 9.17) is 9.15 Å². The van der Waals surface area contributed by atoms with Crippen LogP contribution in [-0.2, 0) is 13.7 Å². The average molecular weight is 401 g/mol. The summed E-state index contributed by atoms with van der Waals surface area (Å²) in [6.45, 7) is 2.18. The molecule has 6 heteroatoms. The van der Waals surface area contributed by atoms with E-state index >= 15 is 0 Å². The first-order chi connectivity index (χ1) is 12.0. The van der Waals surface area contributed by atoms with E-state index < -0.39 is 0 Å². The van der Waals surface area contributed by atoms with E-state index in [2.05, 4.69) is 21.0 Å². The second-order valence-corrected chi connectivity index (χ2v) is 6.45. The van der Waals surface area contributed by atoms with Gasteiger partial charge in [0.1, 0.15) is 29.6 Å². The number of ketones is 1. The highest BCUT2D eigenvalue weighted by molar-refractivity contribution is 9.10. The summed E-state index contributed by atoms with van der Waals surface area (Å²) in [5.41, 5.74) is 1.35. The smallest absolute Gasteiger partial charge is 0.203 e. The Balaban J connectivity index is 1.60. The lowest BCUT2D eigenvalue weighted by molar-refractivity contribution is 0.103. The highest BCUT2D eigenvalue weighted by Crippen LogP contribution is 2.18. The predicted octanol–water partition coefficient (Wildman–Crippen LogP) is 4.56. The topological polar surface area (TPSA) is 57.3 Å². The van der Waals surface area contributed by atoms with E-state index in [0.717, 1.165) is 15.9 Å². The minimum absolute atomic E-state index is 0.118. The molecule has 0 aliphatic carbocycles. The number of aryl methyl sites for hydroxylation is 2. The summed E-state index contributed by atoms with van der Waals surface area (Å²) in [5.74, 6) is 1.93. The number of nitrogens with zero attached hydrogens (tertiary/aromatic N) is 2. The summed E-state index contributed by atoms with van der Waals surface area (Å²) in [4.78, 5) is 12.2. The third-order valence-electron chi connectivity index (χ3n) is 3.53. The van der Waals surface area contributed by atoms with Gasteiger partial charge in [-0.3, -0.25) is 9.48 Å². The Morgan fingerprint density at radius 2 is 2.04 bits per heavy atom. The number of furan rings is 1. The van der Waals surface area contributed by atoms with Crippen LogP contribution in [0.3, 0.4) is 0 Å². The van der Waals surface area contributed by atoms with E-state index in [-0.39, 0.29) is 5.78 Å². The van der Waals surface area contributed by atoms with Crippen LogP contribution in [0.15, 0.2) is 57.4 Å². The zero-order chi connectivity index (χ0) is 17.8. The van der Waals surface area contributed by atoms with Crippen molar-refractivity contribution in [1.29, 1.82) is 0 Å². The van der Waals surface area contributed by atoms with Gasteiger partial charge in [0, 0.05) is 11.5 Å². The van der Waals surface area contributed by atoms with Crippen molar-refractivity contribution in [3.05, 3.63) is 75.9 Å². The number of aromatic nitrogens is 2. The maximum absolute atomic E-state index is 12.2. The first-order valence-corrected chi connectivity index (χ1v) is 8.51. The van der Waals surface area contributed by atoms with Crippen LogP contribution in [0.2, 0.25) is 0 Å². The maximum Gasteiger partial charge on any atom is 0.203 e. The van der Waals surface area contributed by atoms with Crippen LogP contribution in [0, 0.1) is 6.92 Å². The number of ether oxygens (including phenoxy) is 1. The number of carbonyl (C=O) groups is 1. The Labute approximate surface area is 154 Å². The van der Waals surface area contributed by atoms with E-state index in [9.17, 15) is 4.79 Å². The van der Waals surface area contributed by atoms with Gasteiger partial charge in [0.15, 0.2) is 0 Å². The van der Waals surface area contributed by atoms with Crippen molar-refractivity contribution in [3.8, 4) is 5.75 Å². The molecule has 2 aromatic heterocycles. The minimum atomic E-state index is -0.118. The SMILES string of the molecule is Cc1cc(C(=O)/C=C/c2ccc(COc3ccc(Br)cc3)o2)n(C)n1. The summed E-state index contributed by atoms with van der Waals surface area (Å²) >= 11 is 3.38. The fourth-order valence-electron chi connectivity index (χ4n) is 2.33. The van der Waals surface area contributed by atoms with Gasteiger partial charge in [-0.1, -0.05) is 15.9 Å². The first kappa shape index (κ1) is 17.2. The van der Waals surface area contributed by atoms with Crippen LogP contribution in [0.1, 0.15) is 27.7 Å².